The van der Waals surface area contributed by atoms with Gasteiger partial charge in [-0.05, 0) is 42.5 Å². The van der Waals surface area contributed by atoms with Gasteiger partial charge in [-0.25, -0.2) is 0 Å². The number of hydrogen-bond donors (Lipinski definition) is 2. The number of methoxy groups -OCH3 is 2. The molecule has 0 aliphatic carbocycles. The van der Waals surface area contributed by atoms with Crippen molar-refractivity contribution in [3.05, 3.63) is 45.7 Å². The second-order valence-corrected chi connectivity index (χ2v) is 9.74. The van der Waals surface area contributed by atoms with Crippen molar-refractivity contribution in [2.24, 2.45) is 5.41 Å². The smallest absolute Gasteiger partial charge is 0.190 e. The van der Waals surface area contributed by atoms with Crippen LogP contribution in [0.25, 0.3) is 11.3 Å². The third kappa shape index (κ3) is 4.98. The van der Waals surface area contributed by atoms with Crippen LogP contribution < -0.4 is 14.9 Å². The molecule has 1 atom stereocenters. The van der Waals surface area contributed by atoms with E-state index in [1.165, 1.54) is 6.07 Å². The van der Waals surface area contributed by atoms with E-state index in [4.69, 9.17) is 14.2 Å². The highest BCUT2D eigenvalue weighted by Gasteiger charge is 2.37. The van der Waals surface area contributed by atoms with E-state index in [0.29, 0.717) is 36.8 Å². The highest BCUT2D eigenvalue weighted by atomic mass is 32.2. The van der Waals surface area contributed by atoms with Gasteiger partial charge in [0.15, 0.2) is 23.2 Å². The first kappa shape index (κ1) is 24.6. The zero-order chi connectivity index (χ0) is 23.5. The van der Waals surface area contributed by atoms with Crippen molar-refractivity contribution in [1.82, 2.24) is 4.57 Å². The average molecular weight is 464 g/mol. The molecule has 2 N–H and O–H groups in total. The van der Waals surface area contributed by atoms with Crippen LogP contribution in [-0.2, 0) is 11.2 Å². The predicted octanol–water partition coefficient (Wildman–Crippen LogP) is 3.41. The van der Waals surface area contributed by atoms with Gasteiger partial charge in [0.2, 0.25) is 0 Å². The first-order valence-electron chi connectivity index (χ1n) is 10.7. The van der Waals surface area contributed by atoms with E-state index in [1.54, 1.807) is 32.2 Å². The van der Waals surface area contributed by atoms with Crippen LogP contribution >= 0.6 is 11.8 Å². The number of fused-ring (bicyclic) bond motifs is 3. The summed E-state index contributed by atoms with van der Waals surface area (Å²) in [5, 5.41) is 19.4. The first-order chi connectivity index (χ1) is 15.2. The quantitative estimate of drug-likeness (QED) is 0.412. The van der Waals surface area contributed by atoms with Crippen molar-refractivity contribution in [3.8, 4) is 22.8 Å². The molecule has 0 spiro atoms. The maximum absolute atomic E-state index is 12.6. The maximum Gasteiger partial charge on any atom is 0.190 e. The molecule has 32 heavy (non-hydrogen) atoms. The highest BCUT2D eigenvalue weighted by Crippen LogP contribution is 2.46. The number of pyridine rings is 1. The molecule has 2 aromatic rings. The van der Waals surface area contributed by atoms with Crippen molar-refractivity contribution >= 4 is 11.8 Å². The molecule has 1 aliphatic heterocycles. The summed E-state index contributed by atoms with van der Waals surface area (Å²) in [5.74, 6) is 2.32. The minimum atomic E-state index is -1.83. The van der Waals surface area contributed by atoms with Crippen LogP contribution in [0, 0.1) is 5.41 Å². The zero-order valence-corrected chi connectivity index (χ0v) is 20.2. The Morgan fingerprint density at radius 1 is 1.22 bits per heavy atom. The second kappa shape index (κ2) is 10.3. The largest absolute Gasteiger partial charge is 0.493 e. The van der Waals surface area contributed by atoms with Gasteiger partial charge in [0.25, 0.3) is 0 Å². The minimum Gasteiger partial charge on any atom is -0.493 e. The SMILES string of the molecule is COCC(C)(C)C1Cc2cc(OCCCSC)c(OC)cc2-c2cc(=O)c(C(O)O)cn21. The van der Waals surface area contributed by atoms with Crippen LogP contribution in [0.1, 0.15) is 43.7 Å². The van der Waals surface area contributed by atoms with Gasteiger partial charge in [-0.1, -0.05) is 13.8 Å². The lowest BCUT2D eigenvalue weighted by Crippen LogP contribution is -2.37. The molecule has 0 radical (unpaired) electrons. The summed E-state index contributed by atoms with van der Waals surface area (Å²) < 4.78 is 19.1. The summed E-state index contributed by atoms with van der Waals surface area (Å²) in [6, 6.07) is 5.31. The van der Waals surface area contributed by atoms with Crippen LogP contribution in [0.5, 0.6) is 11.5 Å². The molecule has 1 unspecified atom stereocenters. The summed E-state index contributed by atoms with van der Waals surface area (Å²) in [6.07, 6.45) is 3.41. The predicted molar refractivity (Wildman–Crippen MR) is 127 cm³/mol. The van der Waals surface area contributed by atoms with Crippen molar-refractivity contribution in [3.63, 3.8) is 0 Å². The van der Waals surface area contributed by atoms with Crippen molar-refractivity contribution in [2.45, 2.75) is 39.0 Å². The number of rotatable bonds is 10. The molecule has 3 rings (SSSR count). The number of aliphatic hydroxyl groups excluding tert-OH is 1. The van der Waals surface area contributed by atoms with Crippen LogP contribution in [0.4, 0.5) is 0 Å². The van der Waals surface area contributed by atoms with E-state index in [2.05, 4.69) is 20.1 Å². The first-order valence-corrected chi connectivity index (χ1v) is 12.1. The average Bonchev–Trinajstić information content (AvgIpc) is 2.74. The molecule has 1 aromatic heterocycles. The van der Waals surface area contributed by atoms with E-state index in [1.807, 2.05) is 16.7 Å². The van der Waals surface area contributed by atoms with Crippen LogP contribution in [-0.4, -0.2) is 54.2 Å². The number of aliphatic hydroxyl groups is 2. The van der Waals surface area contributed by atoms with Gasteiger partial charge in [-0.15, -0.1) is 0 Å². The molecule has 0 saturated carbocycles. The van der Waals surface area contributed by atoms with Gasteiger partial charge in [0.05, 0.1) is 31.6 Å². The van der Waals surface area contributed by atoms with Gasteiger partial charge in [0, 0.05) is 36.4 Å². The molecule has 2 heterocycles. The van der Waals surface area contributed by atoms with Crippen molar-refractivity contribution in [2.75, 3.05) is 39.4 Å². The zero-order valence-electron chi connectivity index (χ0n) is 19.4. The summed E-state index contributed by atoms with van der Waals surface area (Å²) in [5.41, 5.74) is 1.89. The van der Waals surface area contributed by atoms with Crippen LogP contribution in [0.2, 0.25) is 0 Å². The lowest BCUT2D eigenvalue weighted by molar-refractivity contribution is -0.0440. The molecule has 0 saturated heterocycles. The number of hydrogen-bond acceptors (Lipinski definition) is 7. The van der Waals surface area contributed by atoms with Crippen LogP contribution in [0.3, 0.4) is 0 Å². The van der Waals surface area contributed by atoms with Gasteiger partial charge in [0.1, 0.15) is 0 Å². The number of thioether (sulfide) groups is 1. The Morgan fingerprint density at radius 3 is 2.59 bits per heavy atom. The van der Waals surface area contributed by atoms with Gasteiger partial charge < -0.3 is 29.0 Å². The van der Waals surface area contributed by atoms with E-state index in [-0.39, 0.29) is 17.0 Å². The summed E-state index contributed by atoms with van der Waals surface area (Å²) >= 11 is 1.78. The fraction of sp³-hybridized carbons (Fsp3) is 0.542. The molecule has 0 bridgehead atoms. The fourth-order valence-electron chi connectivity index (χ4n) is 4.33. The fourth-order valence-corrected chi connectivity index (χ4v) is 4.73. The Hall–Kier alpha value is -2.00. The van der Waals surface area contributed by atoms with Gasteiger partial charge >= 0.3 is 0 Å². The summed E-state index contributed by atoms with van der Waals surface area (Å²) in [6.45, 7) is 5.31. The molecule has 0 amide bonds. The molecule has 8 heteroatoms. The molecule has 1 aromatic carbocycles. The summed E-state index contributed by atoms with van der Waals surface area (Å²) in [4.78, 5) is 12.6. The van der Waals surface area contributed by atoms with E-state index >= 15 is 0 Å². The Labute approximate surface area is 193 Å². The Morgan fingerprint density at radius 2 is 1.97 bits per heavy atom. The number of nitrogens with zero attached hydrogens (tertiary/aromatic N) is 1. The normalized spacial score (nSPS) is 15.4. The monoisotopic (exact) mass is 463 g/mol. The third-order valence-corrected chi connectivity index (χ3v) is 6.67. The number of benzene rings is 1. The number of ether oxygens (including phenoxy) is 3. The lowest BCUT2D eigenvalue weighted by atomic mass is 9.77. The molecule has 0 fully saturated rings. The summed E-state index contributed by atoms with van der Waals surface area (Å²) in [7, 11) is 3.27. The van der Waals surface area contributed by atoms with Gasteiger partial charge in [-0.3, -0.25) is 4.79 Å². The third-order valence-electron chi connectivity index (χ3n) is 5.97. The molecule has 176 valence electrons. The minimum absolute atomic E-state index is 0.0453. The van der Waals surface area contributed by atoms with Crippen molar-refractivity contribution in [1.29, 1.82) is 0 Å². The Balaban J connectivity index is 2.14. The van der Waals surface area contributed by atoms with Crippen LogP contribution in [0.15, 0.2) is 29.2 Å². The number of aromatic nitrogens is 1. The molecular weight excluding hydrogens is 430 g/mol. The molecular formula is C24H33NO6S. The maximum atomic E-state index is 12.6. The topological polar surface area (TPSA) is 90.2 Å². The second-order valence-electron chi connectivity index (χ2n) is 8.76. The van der Waals surface area contributed by atoms with E-state index in [0.717, 1.165) is 23.3 Å². The Kier molecular flexibility index (Phi) is 7.92. The molecule has 7 nitrogen and oxygen atoms in total. The van der Waals surface area contributed by atoms with Crippen molar-refractivity contribution < 1.29 is 24.4 Å². The standard InChI is InChI=1S/C24H33NO6S/c1-24(2,14-29-3)22-10-15-9-21(31-7-6-8-32-5)20(30-4)11-16(15)18-12-19(26)17(23(27)28)13-25(18)22/h9,11-13,22-23,27-28H,6-8,10,14H2,1-5H3. The van der Waals surface area contributed by atoms with E-state index < -0.39 is 11.7 Å². The lowest BCUT2D eigenvalue weighted by Gasteiger charge is -2.41. The van der Waals surface area contributed by atoms with Gasteiger partial charge in [-0.2, -0.15) is 11.8 Å². The highest BCUT2D eigenvalue weighted by molar-refractivity contribution is 7.98. The molecule has 1 aliphatic rings. The van der Waals surface area contributed by atoms with E-state index in [9.17, 15) is 15.0 Å². The Bertz CT molecular complexity index is 1000.